The molecule has 1 N–H and O–H groups in total. The smallest absolute Gasteiger partial charge is 0.374 e. The van der Waals surface area contributed by atoms with E-state index in [0.717, 1.165) is 5.69 Å². The van der Waals surface area contributed by atoms with Crippen molar-refractivity contribution in [3.8, 4) is 0 Å². The molecule has 0 aliphatic carbocycles. The van der Waals surface area contributed by atoms with Gasteiger partial charge < -0.3 is 14.9 Å². The van der Waals surface area contributed by atoms with Crippen LogP contribution in [0.2, 0.25) is 0 Å². The van der Waals surface area contributed by atoms with Gasteiger partial charge in [-0.15, -0.1) is 0 Å². The molecule has 1 aromatic rings. The van der Waals surface area contributed by atoms with E-state index in [2.05, 4.69) is 0 Å². The van der Waals surface area contributed by atoms with Gasteiger partial charge in [0.2, 0.25) is 6.54 Å². The standard InChI is InChI=1S/C14H19NO4.C2H2F3O/c1-14(2,3)19-13(18)10-15-9-5-4-6-11(15)7-8-12(16)17;3-2(4,5)1-6/h4-6,9H,7-8,10H2,1-3H3;1H2/q;-1/p+1. The summed E-state index contributed by atoms with van der Waals surface area (Å²) in [6.45, 7) is 3.55. The van der Waals surface area contributed by atoms with Gasteiger partial charge in [-0.05, 0) is 27.4 Å². The first-order valence-electron chi connectivity index (χ1n) is 7.40. The summed E-state index contributed by atoms with van der Waals surface area (Å²) in [6, 6.07) is 5.44. The Labute approximate surface area is 143 Å². The number of hydrogen-bond acceptors (Lipinski definition) is 4. The predicted octanol–water partition coefficient (Wildman–Crippen LogP) is 1.24. The number of carbonyl (C=O) groups is 2. The molecule has 0 saturated carbocycles. The van der Waals surface area contributed by atoms with Crippen LogP contribution in [0.5, 0.6) is 0 Å². The van der Waals surface area contributed by atoms with E-state index >= 15 is 0 Å². The number of carboxylic acid groups (broad SMARTS) is 1. The van der Waals surface area contributed by atoms with Crippen molar-refractivity contribution < 1.29 is 42.3 Å². The molecule has 0 unspecified atom stereocenters. The van der Waals surface area contributed by atoms with E-state index < -0.39 is 24.4 Å². The summed E-state index contributed by atoms with van der Waals surface area (Å²) in [7, 11) is 0. The molecule has 0 fully saturated rings. The highest BCUT2D eigenvalue weighted by atomic mass is 19.4. The molecule has 0 atom stereocenters. The second-order valence-corrected chi connectivity index (χ2v) is 6.06. The third-order valence-electron chi connectivity index (χ3n) is 2.51. The summed E-state index contributed by atoms with van der Waals surface area (Å²) < 4.78 is 38.4. The maximum absolute atomic E-state index is 11.8. The molecule has 1 rings (SSSR count). The van der Waals surface area contributed by atoms with Gasteiger partial charge >= 0.3 is 18.1 Å². The molecule has 6 nitrogen and oxygen atoms in total. The molecule has 9 heteroatoms. The lowest BCUT2D eigenvalue weighted by molar-refractivity contribution is -0.693. The highest BCUT2D eigenvalue weighted by Gasteiger charge is 2.21. The normalized spacial score (nSPS) is 11.3. The number of alkyl halides is 3. The van der Waals surface area contributed by atoms with Crippen molar-refractivity contribution in [1.29, 1.82) is 0 Å². The first-order chi connectivity index (χ1) is 11.3. The van der Waals surface area contributed by atoms with E-state index in [1.54, 1.807) is 16.8 Å². The molecular weight excluding hydrogens is 343 g/mol. The highest BCUT2D eigenvalue weighted by Crippen LogP contribution is 2.10. The number of ether oxygens (including phenoxy) is 1. The quantitative estimate of drug-likeness (QED) is 0.626. The van der Waals surface area contributed by atoms with Crippen molar-refractivity contribution in [1.82, 2.24) is 0 Å². The summed E-state index contributed by atoms with van der Waals surface area (Å²) >= 11 is 0. The number of esters is 1. The largest absolute Gasteiger partial charge is 0.848 e. The van der Waals surface area contributed by atoms with Crippen LogP contribution in [0.4, 0.5) is 13.2 Å². The third kappa shape index (κ3) is 12.9. The van der Waals surface area contributed by atoms with Crippen LogP contribution in [0.25, 0.3) is 0 Å². The van der Waals surface area contributed by atoms with Crippen molar-refractivity contribution in [2.24, 2.45) is 0 Å². The van der Waals surface area contributed by atoms with E-state index in [9.17, 15) is 22.8 Å². The number of aliphatic carboxylic acids is 1. The summed E-state index contributed by atoms with van der Waals surface area (Å²) in [5, 5.41) is 17.5. The van der Waals surface area contributed by atoms with Gasteiger partial charge in [0.15, 0.2) is 11.9 Å². The molecule has 25 heavy (non-hydrogen) atoms. The Hall–Kier alpha value is -2.16. The van der Waals surface area contributed by atoms with E-state index in [4.69, 9.17) is 14.9 Å². The average molecular weight is 365 g/mol. The minimum atomic E-state index is -4.51. The fourth-order valence-corrected chi connectivity index (χ4v) is 1.64. The van der Waals surface area contributed by atoms with E-state index in [1.807, 2.05) is 32.9 Å². The summed E-state index contributed by atoms with van der Waals surface area (Å²) in [6.07, 6.45) is -2.33. The van der Waals surface area contributed by atoms with Gasteiger partial charge in [0.1, 0.15) is 5.60 Å². The molecule has 0 saturated heterocycles. The van der Waals surface area contributed by atoms with Crippen LogP contribution in [-0.2, 0) is 27.3 Å². The van der Waals surface area contributed by atoms with Crippen LogP contribution in [0.3, 0.4) is 0 Å². The van der Waals surface area contributed by atoms with Gasteiger partial charge in [0.25, 0.3) is 0 Å². The third-order valence-corrected chi connectivity index (χ3v) is 2.51. The molecule has 0 bridgehead atoms. The number of rotatable bonds is 5. The summed E-state index contributed by atoms with van der Waals surface area (Å²) in [5.41, 5.74) is 0.281. The number of carbonyl (C=O) groups excluding carboxylic acids is 1. The molecule has 0 aromatic carbocycles. The van der Waals surface area contributed by atoms with Gasteiger partial charge in [0.05, 0.1) is 6.42 Å². The van der Waals surface area contributed by atoms with Crippen molar-refractivity contribution in [3.63, 3.8) is 0 Å². The second-order valence-electron chi connectivity index (χ2n) is 6.06. The lowest BCUT2D eigenvalue weighted by Gasteiger charge is -2.18. The van der Waals surface area contributed by atoms with Crippen LogP contribution in [0.1, 0.15) is 32.9 Å². The average Bonchev–Trinajstić information content (AvgIpc) is 2.44. The van der Waals surface area contributed by atoms with Crippen molar-refractivity contribution in [2.45, 2.75) is 51.9 Å². The zero-order valence-corrected chi connectivity index (χ0v) is 14.3. The van der Waals surface area contributed by atoms with Gasteiger partial charge in [0, 0.05) is 18.6 Å². The Kier molecular flexibility index (Phi) is 9.11. The maximum Gasteiger partial charge on any atom is 0.374 e. The Morgan fingerprint density at radius 2 is 1.80 bits per heavy atom. The predicted molar refractivity (Wildman–Crippen MR) is 79.4 cm³/mol. The topological polar surface area (TPSA) is 90.5 Å². The van der Waals surface area contributed by atoms with Crippen molar-refractivity contribution >= 4 is 11.9 Å². The fraction of sp³-hybridized carbons (Fsp3) is 0.562. The lowest BCUT2D eigenvalue weighted by atomic mass is 10.2. The number of aromatic nitrogens is 1. The first-order valence-corrected chi connectivity index (χ1v) is 7.40. The molecule has 0 radical (unpaired) electrons. The van der Waals surface area contributed by atoms with E-state index in [1.165, 1.54) is 0 Å². The minimum Gasteiger partial charge on any atom is -0.848 e. The Morgan fingerprint density at radius 3 is 2.24 bits per heavy atom. The molecule has 0 aliphatic heterocycles. The lowest BCUT2D eigenvalue weighted by Crippen LogP contribution is -2.43. The second kappa shape index (κ2) is 9.97. The number of pyridine rings is 1. The Morgan fingerprint density at radius 1 is 1.24 bits per heavy atom. The van der Waals surface area contributed by atoms with Crippen LogP contribution >= 0.6 is 0 Å². The van der Waals surface area contributed by atoms with Gasteiger partial charge in [-0.25, -0.2) is 4.79 Å². The van der Waals surface area contributed by atoms with Crippen molar-refractivity contribution in [2.75, 3.05) is 6.61 Å². The molecule has 0 amide bonds. The van der Waals surface area contributed by atoms with Crippen LogP contribution in [0.15, 0.2) is 24.4 Å². The van der Waals surface area contributed by atoms with Gasteiger partial charge in [-0.1, -0.05) is 6.07 Å². The molecule has 142 valence electrons. The van der Waals surface area contributed by atoms with Crippen LogP contribution < -0.4 is 9.67 Å². The zero-order chi connectivity index (χ0) is 19.7. The summed E-state index contributed by atoms with van der Waals surface area (Å²) in [4.78, 5) is 22.4. The van der Waals surface area contributed by atoms with Gasteiger partial charge in [-0.3, -0.25) is 4.79 Å². The molecular formula is C16H22F3NO5. The monoisotopic (exact) mass is 365 g/mol. The van der Waals surface area contributed by atoms with Crippen LogP contribution in [-0.4, -0.2) is 35.4 Å². The molecule has 1 aromatic heterocycles. The van der Waals surface area contributed by atoms with Crippen LogP contribution in [0, 0.1) is 0 Å². The highest BCUT2D eigenvalue weighted by molar-refractivity contribution is 5.68. The maximum atomic E-state index is 11.8. The number of carboxylic acids is 1. The Bertz CT molecular complexity index is 568. The Balaban J connectivity index is 0.000000823. The van der Waals surface area contributed by atoms with Gasteiger partial charge in [-0.2, -0.15) is 17.7 Å². The van der Waals surface area contributed by atoms with Crippen molar-refractivity contribution in [3.05, 3.63) is 30.1 Å². The summed E-state index contributed by atoms with van der Waals surface area (Å²) in [5.74, 6) is -1.19. The fourth-order valence-electron chi connectivity index (χ4n) is 1.64. The number of nitrogens with zero attached hydrogens (tertiary/aromatic N) is 1. The first kappa shape index (κ1) is 22.8. The zero-order valence-electron chi connectivity index (χ0n) is 14.3. The number of hydrogen-bond donors (Lipinski definition) is 1. The molecule has 0 spiro atoms. The number of halogens is 3. The number of aryl methyl sites for hydroxylation is 1. The minimum absolute atomic E-state index is 0.0400. The SMILES string of the molecule is CC(C)(C)OC(=O)C[n+]1ccccc1CCC(=O)O.[O-]CC(F)(F)F. The van der Waals surface area contributed by atoms with E-state index in [0.29, 0.717) is 6.42 Å². The van der Waals surface area contributed by atoms with E-state index in [-0.39, 0.29) is 18.9 Å². The molecule has 1 heterocycles. The molecule has 0 aliphatic rings.